The molecule has 0 radical (unpaired) electrons. The van der Waals surface area contributed by atoms with E-state index in [-0.39, 0.29) is 23.4 Å². The highest BCUT2D eigenvalue weighted by atomic mass is 35.5. The first-order valence-corrected chi connectivity index (χ1v) is 11.5. The average Bonchev–Trinajstić information content (AvgIpc) is 3.06. The van der Waals surface area contributed by atoms with E-state index in [0.29, 0.717) is 40.7 Å². The molecule has 4 saturated carbocycles. The molecule has 1 heterocycles. The first-order chi connectivity index (χ1) is 13.9. The van der Waals surface area contributed by atoms with Crippen LogP contribution in [0.1, 0.15) is 38.5 Å². The van der Waals surface area contributed by atoms with Crippen LogP contribution in [0.3, 0.4) is 0 Å². The van der Waals surface area contributed by atoms with E-state index >= 15 is 0 Å². The zero-order chi connectivity index (χ0) is 20.0. The maximum atomic E-state index is 12.8. The smallest absolute Gasteiger partial charge is 0.321 e. The number of hydrogen-bond donors (Lipinski definition) is 2. The van der Waals surface area contributed by atoms with E-state index in [2.05, 4.69) is 10.6 Å². The van der Waals surface area contributed by atoms with Crippen LogP contribution in [-0.2, 0) is 4.79 Å². The summed E-state index contributed by atoms with van der Waals surface area (Å²) >= 11 is 12.1. The van der Waals surface area contributed by atoms with Crippen molar-refractivity contribution in [1.82, 2.24) is 10.2 Å². The van der Waals surface area contributed by atoms with E-state index in [4.69, 9.17) is 23.2 Å². The number of hydrogen-bond acceptors (Lipinski definition) is 2. The predicted molar refractivity (Wildman–Crippen MR) is 112 cm³/mol. The number of anilines is 1. The fourth-order valence-electron chi connectivity index (χ4n) is 7.69. The Morgan fingerprint density at radius 2 is 1.90 bits per heavy atom. The Hall–Kier alpha value is -1.46. The number of benzene rings is 1. The van der Waals surface area contributed by atoms with Gasteiger partial charge in [-0.2, -0.15) is 0 Å². The molecule has 5 nitrogen and oxygen atoms in total. The highest BCUT2D eigenvalue weighted by Gasteiger charge is 2.88. The zero-order valence-corrected chi connectivity index (χ0v) is 17.7. The van der Waals surface area contributed by atoms with Crippen molar-refractivity contribution in [2.24, 2.45) is 29.1 Å². The summed E-state index contributed by atoms with van der Waals surface area (Å²) in [5, 5.41) is 7.25. The third-order valence-electron chi connectivity index (χ3n) is 8.78. The van der Waals surface area contributed by atoms with Gasteiger partial charge in [0.15, 0.2) is 0 Å². The Kier molecular flexibility index (Phi) is 3.82. The van der Waals surface area contributed by atoms with Crippen molar-refractivity contribution in [2.45, 2.75) is 44.1 Å². The second kappa shape index (κ2) is 6.04. The highest BCUT2D eigenvalue weighted by molar-refractivity contribution is 6.36. The van der Waals surface area contributed by atoms with Gasteiger partial charge in [0, 0.05) is 35.5 Å². The van der Waals surface area contributed by atoms with Crippen LogP contribution in [0.15, 0.2) is 18.2 Å². The van der Waals surface area contributed by atoms with Gasteiger partial charge in [-0.15, -0.1) is 0 Å². The number of amides is 3. The van der Waals surface area contributed by atoms with Gasteiger partial charge in [-0.3, -0.25) is 4.79 Å². The van der Waals surface area contributed by atoms with Crippen molar-refractivity contribution >= 4 is 40.8 Å². The number of nitrogens with zero attached hydrogens (tertiary/aromatic N) is 1. The molecule has 154 valence electrons. The molecular formula is C22H25Cl2N3O2. The van der Waals surface area contributed by atoms with Gasteiger partial charge in [-0.1, -0.05) is 23.2 Å². The molecule has 29 heavy (non-hydrogen) atoms. The van der Waals surface area contributed by atoms with E-state index in [1.165, 1.54) is 25.7 Å². The van der Waals surface area contributed by atoms with Crippen LogP contribution in [0.25, 0.3) is 0 Å². The van der Waals surface area contributed by atoms with Gasteiger partial charge in [-0.05, 0) is 74.0 Å². The molecule has 3 atom stereocenters. The second-order valence-corrected chi connectivity index (χ2v) is 10.7. The van der Waals surface area contributed by atoms with Gasteiger partial charge >= 0.3 is 6.03 Å². The molecule has 2 N–H and O–H groups in total. The van der Waals surface area contributed by atoms with Gasteiger partial charge in [0.2, 0.25) is 5.91 Å². The lowest BCUT2D eigenvalue weighted by Gasteiger charge is -2.91. The van der Waals surface area contributed by atoms with Crippen LogP contribution in [0.5, 0.6) is 0 Å². The van der Waals surface area contributed by atoms with Crippen molar-refractivity contribution in [3.8, 4) is 0 Å². The van der Waals surface area contributed by atoms with E-state index in [0.717, 1.165) is 24.2 Å². The van der Waals surface area contributed by atoms with Crippen molar-refractivity contribution < 1.29 is 9.59 Å². The molecular weight excluding hydrogens is 409 g/mol. The summed E-state index contributed by atoms with van der Waals surface area (Å²) in [4.78, 5) is 27.1. The fraction of sp³-hybridized carbons (Fsp3) is 0.636. The first-order valence-electron chi connectivity index (χ1n) is 10.7. The summed E-state index contributed by atoms with van der Waals surface area (Å²) in [7, 11) is 0. The van der Waals surface area contributed by atoms with Gasteiger partial charge in [0.25, 0.3) is 0 Å². The lowest BCUT2D eigenvalue weighted by atomic mass is 9.15. The van der Waals surface area contributed by atoms with E-state index in [1.54, 1.807) is 23.1 Å². The lowest BCUT2D eigenvalue weighted by Crippen LogP contribution is -2.92. The summed E-state index contributed by atoms with van der Waals surface area (Å²) in [6.45, 7) is 1.27. The molecule has 7 heteroatoms. The minimum absolute atomic E-state index is 0.140. The predicted octanol–water partition coefficient (Wildman–Crippen LogP) is 4.54. The molecule has 3 amide bonds. The third kappa shape index (κ3) is 2.35. The lowest BCUT2D eigenvalue weighted by molar-refractivity contribution is -0.394. The van der Waals surface area contributed by atoms with Gasteiger partial charge < -0.3 is 15.5 Å². The van der Waals surface area contributed by atoms with Gasteiger partial charge in [0.05, 0.1) is 10.7 Å². The minimum atomic E-state index is -0.176. The monoisotopic (exact) mass is 433 g/mol. The van der Waals surface area contributed by atoms with E-state index in [1.807, 2.05) is 0 Å². The van der Waals surface area contributed by atoms with Crippen LogP contribution < -0.4 is 10.6 Å². The Balaban J connectivity index is 1.02. The number of carbonyl (C=O) groups is 2. The second-order valence-electron chi connectivity index (χ2n) is 9.89. The van der Waals surface area contributed by atoms with Crippen molar-refractivity contribution in [3.05, 3.63) is 28.2 Å². The first kappa shape index (κ1) is 18.3. The van der Waals surface area contributed by atoms with Gasteiger partial charge in [-0.25, -0.2) is 4.79 Å². The molecule has 3 unspecified atom stereocenters. The number of carbonyl (C=O) groups excluding carboxylic acids is 2. The zero-order valence-electron chi connectivity index (χ0n) is 16.2. The molecule has 6 rings (SSSR count). The van der Waals surface area contributed by atoms with Crippen molar-refractivity contribution in [1.29, 1.82) is 0 Å². The molecule has 1 aliphatic heterocycles. The van der Waals surface area contributed by atoms with Crippen molar-refractivity contribution in [3.63, 3.8) is 0 Å². The van der Waals surface area contributed by atoms with Crippen LogP contribution in [-0.4, -0.2) is 35.5 Å². The van der Waals surface area contributed by atoms with Gasteiger partial charge in [0.1, 0.15) is 0 Å². The number of likely N-dealkylation sites (tertiary alicyclic amines) is 1. The Bertz CT molecular complexity index is 894. The summed E-state index contributed by atoms with van der Waals surface area (Å²) in [5.74, 6) is 3.09. The van der Waals surface area contributed by atoms with E-state index in [9.17, 15) is 9.59 Å². The van der Waals surface area contributed by atoms with Crippen LogP contribution in [0.4, 0.5) is 10.5 Å². The molecule has 5 aliphatic rings. The summed E-state index contributed by atoms with van der Waals surface area (Å²) in [6, 6.07) is 4.84. The average molecular weight is 434 g/mol. The maximum Gasteiger partial charge on any atom is 0.321 e. The molecule has 1 saturated heterocycles. The molecule has 1 aromatic carbocycles. The maximum absolute atomic E-state index is 12.8. The molecule has 0 bridgehead atoms. The quantitative estimate of drug-likeness (QED) is 0.731. The molecule has 5 fully saturated rings. The molecule has 1 aromatic rings. The standard InChI is InChI=1S/C22H25Cl2N3O2/c23-16-1-2-18(17(24)8-16)25-20(29)27-4-3-12(11-27)5-19(28)26-21-9-14-6-13-7-15(10-21)22(13,14)21/h1-2,8,12-15H,3-7,9-11H2,(H,25,29)(H,26,28). The fourth-order valence-corrected chi connectivity index (χ4v) is 8.15. The molecule has 0 aromatic heterocycles. The Labute approximate surface area is 180 Å². The minimum Gasteiger partial charge on any atom is -0.350 e. The van der Waals surface area contributed by atoms with Crippen molar-refractivity contribution in [2.75, 3.05) is 18.4 Å². The number of urea groups is 1. The Morgan fingerprint density at radius 1 is 1.14 bits per heavy atom. The third-order valence-corrected chi connectivity index (χ3v) is 9.33. The normalized spacial score (nSPS) is 40.4. The SMILES string of the molecule is O=C(CC1CCN(C(=O)Nc2ccc(Cl)cc2Cl)C1)NC12CC3CC4CC(C1)C432. The molecule has 1 spiro atoms. The van der Waals surface area contributed by atoms with Crippen LogP contribution in [0.2, 0.25) is 10.0 Å². The number of rotatable bonds is 4. The summed E-state index contributed by atoms with van der Waals surface area (Å²) in [5.41, 5.74) is 1.21. The number of nitrogens with one attached hydrogen (secondary N) is 2. The molecule has 4 aliphatic carbocycles. The van der Waals surface area contributed by atoms with E-state index < -0.39 is 0 Å². The largest absolute Gasteiger partial charge is 0.350 e. The van der Waals surface area contributed by atoms with Crippen LogP contribution >= 0.6 is 23.2 Å². The summed E-state index contributed by atoms with van der Waals surface area (Å²) < 4.78 is 0. The van der Waals surface area contributed by atoms with Crippen LogP contribution in [0, 0.1) is 29.1 Å². The topological polar surface area (TPSA) is 61.4 Å². The highest BCUT2D eigenvalue weighted by Crippen LogP contribution is 2.89. The number of halogens is 2. The Morgan fingerprint density at radius 3 is 2.55 bits per heavy atom. The summed E-state index contributed by atoms with van der Waals surface area (Å²) in [6.07, 6.45) is 6.58.